The van der Waals surface area contributed by atoms with Gasteiger partial charge in [0, 0.05) is 28.3 Å². The van der Waals surface area contributed by atoms with E-state index in [-0.39, 0.29) is 17.5 Å². The van der Waals surface area contributed by atoms with Gasteiger partial charge in [0.05, 0.1) is 17.7 Å². The van der Waals surface area contributed by atoms with Crippen LogP contribution >= 0.6 is 11.8 Å². The fraction of sp³-hybridized carbons (Fsp3) is 0.103. The molecule has 0 saturated carbocycles. The van der Waals surface area contributed by atoms with E-state index in [4.69, 9.17) is 4.74 Å². The highest BCUT2D eigenvalue weighted by atomic mass is 32.2. The summed E-state index contributed by atoms with van der Waals surface area (Å²) in [6.07, 6.45) is 0. The van der Waals surface area contributed by atoms with E-state index in [2.05, 4.69) is 10.6 Å². The van der Waals surface area contributed by atoms with Crippen molar-refractivity contribution in [3.63, 3.8) is 0 Å². The molecule has 0 saturated heterocycles. The molecule has 9 heteroatoms. The smallest absolute Gasteiger partial charge is 0.271 e. The number of aryl methyl sites for hydroxylation is 1. The minimum Gasteiger partial charge on any atom is -0.497 e. The van der Waals surface area contributed by atoms with Crippen molar-refractivity contribution in [3.8, 4) is 5.75 Å². The van der Waals surface area contributed by atoms with Crippen molar-refractivity contribution < 1.29 is 19.2 Å². The Kier molecular flexibility index (Phi) is 8.40. The Bertz CT molecular complexity index is 1460. The molecule has 0 aliphatic carbocycles. The lowest BCUT2D eigenvalue weighted by molar-refractivity contribution is -0.384. The predicted molar refractivity (Wildman–Crippen MR) is 149 cm³/mol. The molecular weight excluding hydrogens is 502 g/mol. The van der Waals surface area contributed by atoms with Crippen LogP contribution in [0.5, 0.6) is 5.75 Å². The number of rotatable bonds is 9. The summed E-state index contributed by atoms with van der Waals surface area (Å²) in [5, 5.41) is 16.3. The normalized spacial score (nSPS) is 11.3. The van der Waals surface area contributed by atoms with Crippen LogP contribution in [0.1, 0.15) is 26.7 Å². The number of benzene rings is 4. The molecule has 0 heterocycles. The Hall–Kier alpha value is -4.63. The summed E-state index contributed by atoms with van der Waals surface area (Å²) >= 11 is 1.34. The lowest BCUT2D eigenvalue weighted by Crippen LogP contribution is -2.19. The van der Waals surface area contributed by atoms with E-state index in [0.717, 1.165) is 16.0 Å². The van der Waals surface area contributed by atoms with Crippen molar-refractivity contribution >= 4 is 40.6 Å². The number of carbonyl (C=O) groups is 2. The molecule has 0 spiro atoms. The lowest BCUT2D eigenvalue weighted by Gasteiger charge is -2.18. The average Bonchev–Trinajstić information content (AvgIpc) is 2.94. The first-order valence-electron chi connectivity index (χ1n) is 11.7. The Morgan fingerprint density at radius 3 is 2.32 bits per heavy atom. The molecule has 0 aliphatic heterocycles. The Morgan fingerprint density at radius 1 is 0.895 bits per heavy atom. The Morgan fingerprint density at radius 2 is 1.63 bits per heavy atom. The van der Waals surface area contributed by atoms with Gasteiger partial charge in [-0.2, -0.15) is 0 Å². The fourth-order valence-corrected chi connectivity index (χ4v) is 4.70. The standard InChI is InChI=1S/C29H25N3O5S/c1-19-11-14-23(32(35)36)18-26(19)31-29(34)27(20-7-4-3-5-8-20)38-25-15-12-22(13-16-25)30-28(33)21-9-6-10-24(17-21)37-2/h3-18,27H,1-2H3,(H,30,33)(H,31,34). The molecule has 4 aromatic carbocycles. The van der Waals surface area contributed by atoms with Gasteiger partial charge in [0.1, 0.15) is 11.0 Å². The molecule has 0 bridgehead atoms. The van der Waals surface area contributed by atoms with E-state index < -0.39 is 10.2 Å². The summed E-state index contributed by atoms with van der Waals surface area (Å²) in [6.45, 7) is 1.78. The fourth-order valence-electron chi connectivity index (χ4n) is 3.68. The minimum atomic E-state index is -0.618. The summed E-state index contributed by atoms with van der Waals surface area (Å²) < 4.78 is 5.18. The first-order valence-corrected chi connectivity index (χ1v) is 12.5. The highest BCUT2D eigenvalue weighted by Gasteiger charge is 2.23. The second kappa shape index (κ2) is 12.1. The molecule has 0 fully saturated rings. The van der Waals surface area contributed by atoms with Crippen molar-refractivity contribution in [2.45, 2.75) is 17.1 Å². The van der Waals surface area contributed by atoms with Crippen molar-refractivity contribution in [3.05, 3.63) is 124 Å². The van der Waals surface area contributed by atoms with Crippen LogP contribution in [-0.2, 0) is 4.79 Å². The van der Waals surface area contributed by atoms with Crippen molar-refractivity contribution in [2.24, 2.45) is 0 Å². The van der Waals surface area contributed by atoms with Crippen LogP contribution in [0.3, 0.4) is 0 Å². The molecule has 0 aromatic heterocycles. The molecular formula is C29H25N3O5S. The summed E-state index contributed by atoms with van der Waals surface area (Å²) in [6, 6.07) is 27.7. The SMILES string of the molecule is COc1cccc(C(=O)Nc2ccc(SC(C(=O)Nc3cc([N+](=O)[O-])ccc3C)c3ccccc3)cc2)c1. The Labute approximate surface area is 224 Å². The zero-order valence-corrected chi connectivity index (χ0v) is 21.5. The van der Waals surface area contributed by atoms with Crippen molar-refractivity contribution in [2.75, 3.05) is 17.7 Å². The number of thioether (sulfide) groups is 1. The minimum absolute atomic E-state index is 0.0959. The van der Waals surface area contributed by atoms with Crippen LogP contribution in [0.4, 0.5) is 17.1 Å². The van der Waals surface area contributed by atoms with Gasteiger partial charge in [0.15, 0.2) is 0 Å². The zero-order chi connectivity index (χ0) is 27.1. The third kappa shape index (κ3) is 6.57. The van der Waals surface area contributed by atoms with Gasteiger partial charge in [-0.05, 0) is 60.5 Å². The summed E-state index contributed by atoms with van der Waals surface area (Å²) in [5.41, 5.74) is 2.88. The first-order chi connectivity index (χ1) is 18.3. The molecule has 2 N–H and O–H groups in total. The van der Waals surface area contributed by atoms with Gasteiger partial charge < -0.3 is 15.4 Å². The number of hydrogen-bond acceptors (Lipinski definition) is 6. The monoisotopic (exact) mass is 527 g/mol. The highest BCUT2D eigenvalue weighted by Crippen LogP contribution is 2.37. The number of nitro groups is 1. The molecule has 192 valence electrons. The van der Waals surface area contributed by atoms with E-state index in [9.17, 15) is 19.7 Å². The number of nitro benzene ring substituents is 1. The highest BCUT2D eigenvalue weighted by molar-refractivity contribution is 8.00. The van der Waals surface area contributed by atoms with Gasteiger partial charge in [0.25, 0.3) is 11.6 Å². The number of amides is 2. The maximum atomic E-state index is 13.4. The van der Waals surface area contributed by atoms with Gasteiger partial charge in [-0.1, -0.05) is 42.5 Å². The zero-order valence-electron chi connectivity index (χ0n) is 20.7. The van der Waals surface area contributed by atoms with Crippen LogP contribution in [0.25, 0.3) is 0 Å². The number of hydrogen-bond donors (Lipinski definition) is 2. The molecule has 4 aromatic rings. The third-order valence-electron chi connectivity index (χ3n) is 5.73. The molecule has 38 heavy (non-hydrogen) atoms. The average molecular weight is 528 g/mol. The van der Waals surface area contributed by atoms with Gasteiger partial charge in [-0.25, -0.2) is 0 Å². The first kappa shape index (κ1) is 26.4. The molecule has 2 amide bonds. The van der Waals surface area contributed by atoms with Gasteiger partial charge in [-0.3, -0.25) is 19.7 Å². The van der Waals surface area contributed by atoms with Crippen LogP contribution in [0, 0.1) is 17.0 Å². The second-order valence-electron chi connectivity index (χ2n) is 8.36. The summed E-state index contributed by atoms with van der Waals surface area (Å²) in [4.78, 5) is 37.5. The van der Waals surface area contributed by atoms with Crippen molar-refractivity contribution in [1.82, 2.24) is 0 Å². The maximum Gasteiger partial charge on any atom is 0.271 e. The lowest BCUT2D eigenvalue weighted by atomic mass is 10.1. The van der Waals surface area contributed by atoms with Crippen LogP contribution in [-0.4, -0.2) is 23.8 Å². The largest absolute Gasteiger partial charge is 0.497 e. The quantitative estimate of drug-likeness (QED) is 0.143. The molecule has 8 nitrogen and oxygen atoms in total. The summed E-state index contributed by atoms with van der Waals surface area (Å²) in [5.74, 6) is 0.0216. The van der Waals surface area contributed by atoms with E-state index in [1.165, 1.54) is 23.9 Å². The third-order valence-corrected chi connectivity index (χ3v) is 6.99. The molecule has 4 rings (SSSR count). The molecule has 1 unspecified atom stereocenters. The van der Waals surface area contributed by atoms with Crippen LogP contribution < -0.4 is 15.4 Å². The van der Waals surface area contributed by atoms with E-state index in [1.807, 2.05) is 42.5 Å². The number of anilines is 2. The van der Waals surface area contributed by atoms with Gasteiger partial charge in [0.2, 0.25) is 5.91 Å². The van der Waals surface area contributed by atoms with E-state index in [0.29, 0.717) is 22.7 Å². The number of ether oxygens (including phenoxy) is 1. The number of non-ortho nitro benzene ring substituents is 1. The Balaban J connectivity index is 1.51. The number of carbonyl (C=O) groups excluding carboxylic acids is 2. The van der Waals surface area contributed by atoms with Crippen LogP contribution in [0.15, 0.2) is 102 Å². The number of nitrogens with zero attached hydrogens (tertiary/aromatic N) is 1. The van der Waals surface area contributed by atoms with Gasteiger partial charge >= 0.3 is 0 Å². The second-order valence-corrected chi connectivity index (χ2v) is 9.54. The van der Waals surface area contributed by atoms with Crippen LogP contribution in [0.2, 0.25) is 0 Å². The summed E-state index contributed by atoms with van der Waals surface area (Å²) in [7, 11) is 1.54. The number of methoxy groups -OCH3 is 1. The number of nitrogens with one attached hydrogen (secondary N) is 2. The van der Waals surface area contributed by atoms with Crippen molar-refractivity contribution in [1.29, 1.82) is 0 Å². The van der Waals surface area contributed by atoms with E-state index >= 15 is 0 Å². The molecule has 0 radical (unpaired) electrons. The molecule has 0 aliphatic rings. The van der Waals surface area contributed by atoms with Gasteiger partial charge in [-0.15, -0.1) is 11.8 Å². The molecule has 1 atom stereocenters. The van der Waals surface area contributed by atoms with E-state index in [1.54, 1.807) is 56.5 Å². The predicted octanol–water partition coefficient (Wildman–Crippen LogP) is 6.64. The maximum absolute atomic E-state index is 13.4. The topological polar surface area (TPSA) is 111 Å².